The van der Waals surface area contributed by atoms with Crippen LogP contribution >= 0.6 is 22.6 Å². The number of benzene rings is 2. The highest BCUT2D eigenvalue weighted by Gasteiger charge is 2.18. The van der Waals surface area contributed by atoms with Crippen molar-refractivity contribution in [3.63, 3.8) is 0 Å². The second-order valence-electron chi connectivity index (χ2n) is 7.26. The van der Waals surface area contributed by atoms with Crippen LogP contribution in [0.25, 0.3) is 0 Å². The third kappa shape index (κ3) is 9.27. The van der Waals surface area contributed by atoms with Gasteiger partial charge in [0.05, 0.1) is 16.8 Å². The summed E-state index contributed by atoms with van der Waals surface area (Å²) in [4.78, 5) is 11.3. The van der Waals surface area contributed by atoms with Gasteiger partial charge in [-0.2, -0.15) is 0 Å². The third-order valence-electron chi connectivity index (χ3n) is 4.60. The number of halogens is 1. The summed E-state index contributed by atoms with van der Waals surface area (Å²) in [5, 5.41) is 9.27. The molecular formula is C27H31IO6. The first-order chi connectivity index (χ1) is 16.4. The van der Waals surface area contributed by atoms with Gasteiger partial charge in [-0.1, -0.05) is 17.9 Å². The Balaban J connectivity index is 2.01. The van der Waals surface area contributed by atoms with Crippen LogP contribution in [0.2, 0.25) is 0 Å². The van der Waals surface area contributed by atoms with E-state index in [4.69, 9.17) is 18.9 Å². The highest BCUT2D eigenvalue weighted by Crippen LogP contribution is 2.24. The molecule has 34 heavy (non-hydrogen) atoms. The first-order valence-corrected chi connectivity index (χ1v) is 12.3. The molecule has 1 N–H and O–H groups in total. The number of ether oxygens (including phenoxy) is 4. The number of carboxylic acids is 1. The monoisotopic (exact) mass is 578 g/mol. The van der Waals surface area contributed by atoms with E-state index >= 15 is 0 Å². The molecule has 1 unspecified atom stereocenters. The number of carbonyl (C=O) groups is 1. The average Bonchev–Trinajstić information content (AvgIpc) is 2.79. The zero-order valence-corrected chi connectivity index (χ0v) is 22.2. The molecule has 0 aliphatic carbocycles. The van der Waals surface area contributed by atoms with Crippen LogP contribution in [0.5, 0.6) is 17.2 Å². The summed E-state index contributed by atoms with van der Waals surface area (Å²) in [5.41, 5.74) is 2.59. The maximum atomic E-state index is 11.3. The maximum Gasteiger partial charge on any atom is 0.333 e. The molecule has 1 atom stereocenters. The zero-order chi connectivity index (χ0) is 24.9. The Labute approximate surface area is 215 Å². The van der Waals surface area contributed by atoms with Gasteiger partial charge < -0.3 is 24.1 Å². The summed E-state index contributed by atoms with van der Waals surface area (Å²) in [6.07, 6.45) is 1.38. The molecule has 0 saturated heterocycles. The fourth-order valence-corrected chi connectivity index (χ4v) is 3.78. The summed E-state index contributed by atoms with van der Waals surface area (Å²) in [5.74, 6) is 7.53. The molecule has 0 radical (unpaired) electrons. The first-order valence-electron chi connectivity index (χ1n) is 11.2. The number of rotatable bonds is 12. The van der Waals surface area contributed by atoms with Gasteiger partial charge in [0.25, 0.3) is 0 Å². The maximum absolute atomic E-state index is 11.3. The van der Waals surface area contributed by atoms with Crippen LogP contribution in [0.4, 0.5) is 0 Å². The van der Waals surface area contributed by atoms with Gasteiger partial charge in [-0.05, 0) is 91.8 Å². The van der Waals surface area contributed by atoms with E-state index in [0.717, 1.165) is 37.5 Å². The Morgan fingerprint density at radius 2 is 1.71 bits per heavy atom. The molecule has 0 spiro atoms. The van der Waals surface area contributed by atoms with Gasteiger partial charge in [0, 0.05) is 24.7 Å². The lowest BCUT2D eigenvalue weighted by Gasteiger charge is -2.13. The van der Waals surface area contributed by atoms with Crippen molar-refractivity contribution in [1.29, 1.82) is 0 Å². The van der Waals surface area contributed by atoms with E-state index in [0.29, 0.717) is 32.8 Å². The second kappa shape index (κ2) is 14.5. The van der Waals surface area contributed by atoms with Crippen molar-refractivity contribution in [2.75, 3.05) is 26.4 Å². The molecule has 0 aliphatic rings. The topological polar surface area (TPSA) is 74.2 Å². The molecule has 2 aromatic rings. The van der Waals surface area contributed by atoms with Crippen molar-refractivity contribution < 1.29 is 28.8 Å². The standard InChI is InChI=1S/C27H31IO6/c1-5-31-22-14-20(15-23(18-22)32-6-2)9-8-19(4)12-13-34-25-11-10-21(16-24(25)28)17-26(27(29)30)33-7-3/h10-12,14-16,18,26H,5-7,13,17H2,1-4H3,(H,29,30). The highest BCUT2D eigenvalue weighted by atomic mass is 127. The van der Waals surface area contributed by atoms with E-state index in [1.807, 2.05) is 63.2 Å². The summed E-state index contributed by atoms with van der Waals surface area (Å²) >= 11 is 2.19. The van der Waals surface area contributed by atoms with E-state index in [2.05, 4.69) is 34.4 Å². The van der Waals surface area contributed by atoms with Gasteiger partial charge in [-0.15, -0.1) is 0 Å². The number of hydrogen-bond acceptors (Lipinski definition) is 5. The van der Waals surface area contributed by atoms with E-state index < -0.39 is 12.1 Å². The first kappa shape index (κ1) is 27.5. The SMILES string of the molecule is CCOc1cc(C#CC(C)=CCOc2ccc(CC(OCC)C(=O)O)cc2I)cc(OCC)c1. The number of aliphatic carboxylic acids is 1. The van der Waals surface area contributed by atoms with Gasteiger partial charge in [0.15, 0.2) is 6.10 Å². The Morgan fingerprint density at radius 1 is 1.03 bits per heavy atom. The van der Waals surface area contributed by atoms with Crippen molar-refractivity contribution in [2.45, 2.75) is 40.2 Å². The van der Waals surface area contributed by atoms with Gasteiger partial charge in [-0.25, -0.2) is 4.79 Å². The molecule has 182 valence electrons. The number of allylic oxidation sites excluding steroid dienone is 1. The summed E-state index contributed by atoms with van der Waals surface area (Å²) in [6.45, 7) is 9.47. The van der Waals surface area contributed by atoms with Crippen molar-refractivity contribution >= 4 is 28.6 Å². The molecule has 2 rings (SSSR count). The van der Waals surface area contributed by atoms with E-state index in [1.165, 1.54) is 0 Å². The summed E-state index contributed by atoms with van der Waals surface area (Å²) < 4.78 is 23.3. The van der Waals surface area contributed by atoms with E-state index in [9.17, 15) is 9.90 Å². The van der Waals surface area contributed by atoms with Crippen LogP contribution < -0.4 is 14.2 Å². The van der Waals surface area contributed by atoms with Gasteiger partial charge in [0.2, 0.25) is 0 Å². The highest BCUT2D eigenvalue weighted by molar-refractivity contribution is 14.1. The molecule has 0 fully saturated rings. The smallest absolute Gasteiger partial charge is 0.333 e. The molecule has 0 saturated carbocycles. The Hall–Kier alpha value is -2.70. The molecule has 6 nitrogen and oxygen atoms in total. The van der Waals surface area contributed by atoms with Gasteiger partial charge in [-0.3, -0.25) is 0 Å². The Kier molecular flexibility index (Phi) is 11.8. The average molecular weight is 578 g/mol. The lowest BCUT2D eigenvalue weighted by Crippen LogP contribution is -2.26. The predicted octanol–water partition coefficient (Wildman–Crippen LogP) is 5.50. The quantitative estimate of drug-likeness (QED) is 0.265. The van der Waals surface area contributed by atoms with Crippen LogP contribution in [0.15, 0.2) is 48.0 Å². The minimum absolute atomic E-state index is 0.309. The van der Waals surface area contributed by atoms with Gasteiger partial charge in [0.1, 0.15) is 23.9 Å². The van der Waals surface area contributed by atoms with Crippen LogP contribution in [-0.2, 0) is 16.0 Å². The fraction of sp³-hybridized carbons (Fsp3) is 0.370. The molecule has 0 heterocycles. The molecule has 0 bridgehead atoms. The predicted molar refractivity (Wildman–Crippen MR) is 141 cm³/mol. The molecular weight excluding hydrogens is 547 g/mol. The molecule has 7 heteroatoms. The minimum Gasteiger partial charge on any atom is -0.494 e. The lowest BCUT2D eigenvalue weighted by molar-refractivity contribution is -0.149. The Morgan fingerprint density at radius 3 is 2.26 bits per heavy atom. The zero-order valence-electron chi connectivity index (χ0n) is 20.0. The summed E-state index contributed by atoms with van der Waals surface area (Å²) in [6, 6.07) is 11.3. The lowest BCUT2D eigenvalue weighted by atomic mass is 10.1. The number of hydrogen-bond donors (Lipinski definition) is 1. The molecule has 0 amide bonds. The third-order valence-corrected chi connectivity index (χ3v) is 5.44. The van der Waals surface area contributed by atoms with Crippen molar-refractivity contribution in [2.24, 2.45) is 0 Å². The van der Waals surface area contributed by atoms with Gasteiger partial charge >= 0.3 is 5.97 Å². The normalized spacial score (nSPS) is 11.9. The Bertz CT molecular complexity index is 1030. The second-order valence-corrected chi connectivity index (χ2v) is 8.42. The van der Waals surface area contributed by atoms with Crippen LogP contribution in [0.3, 0.4) is 0 Å². The largest absolute Gasteiger partial charge is 0.494 e. The molecule has 0 aromatic heterocycles. The van der Waals surface area contributed by atoms with E-state index in [-0.39, 0.29) is 0 Å². The minimum atomic E-state index is -0.961. The molecule has 0 aliphatic heterocycles. The van der Waals surface area contributed by atoms with E-state index in [1.54, 1.807) is 6.92 Å². The van der Waals surface area contributed by atoms with Crippen molar-refractivity contribution in [3.05, 3.63) is 62.7 Å². The van der Waals surface area contributed by atoms with Crippen molar-refractivity contribution in [1.82, 2.24) is 0 Å². The van der Waals surface area contributed by atoms with Crippen molar-refractivity contribution in [3.8, 4) is 29.1 Å². The van der Waals surface area contributed by atoms with Crippen LogP contribution in [0, 0.1) is 15.4 Å². The number of carboxylic acid groups (broad SMARTS) is 1. The van der Waals surface area contributed by atoms with Crippen LogP contribution in [0.1, 0.15) is 38.8 Å². The molecule has 2 aromatic carbocycles. The fourth-order valence-electron chi connectivity index (χ4n) is 3.04. The summed E-state index contributed by atoms with van der Waals surface area (Å²) in [7, 11) is 0. The van der Waals surface area contributed by atoms with Crippen LogP contribution in [-0.4, -0.2) is 43.6 Å².